The molecule has 0 aliphatic carbocycles. The largest absolute Gasteiger partial charge is 0.349 e. The van der Waals surface area contributed by atoms with Gasteiger partial charge in [-0.05, 0) is 6.26 Å². The number of rotatable bonds is 3. The van der Waals surface area contributed by atoms with E-state index in [0.29, 0.717) is 0 Å². The van der Waals surface area contributed by atoms with E-state index in [1.807, 2.05) is 36.1 Å². The van der Waals surface area contributed by atoms with E-state index in [1.165, 1.54) is 0 Å². The minimum Gasteiger partial charge on any atom is -0.349 e. The van der Waals surface area contributed by atoms with Gasteiger partial charge in [-0.3, -0.25) is 0 Å². The lowest BCUT2D eigenvalue weighted by Gasteiger charge is -2.14. The van der Waals surface area contributed by atoms with Crippen LogP contribution in [0.3, 0.4) is 0 Å². The first-order valence-electron chi connectivity index (χ1n) is 3.26. The molecule has 0 atom stereocenters. The Labute approximate surface area is 66.9 Å². The van der Waals surface area contributed by atoms with Gasteiger partial charge in [-0.15, -0.1) is 0 Å². The monoisotopic (exact) mass is 156 g/mol. The maximum absolute atomic E-state index is 3.13. The first kappa shape index (κ1) is 7.79. The number of hydrogen-bond donors (Lipinski definition) is 0. The van der Waals surface area contributed by atoms with E-state index in [1.54, 1.807) is 0 Å². The maximum atomic E-state index is 3.13. The molecule has 1 rings (SSSR count). The van der Waals surface area contributed by atoms with Gasteiger partial charge in [0.1, 0.15) is 0 Å². The predicted molar refractivity (Wildman–Crippen MR) is 45.2 cm³/mol. The summed E-state index contributed by atoms with van der Waals surface area (Å²) >= 11 is 1.86. The fourth-order valence-corrected chi connectivity index (χ4v) is 1.14. The SMILES string of the molecule is CSCCN1[C]N(C)C=C1. The molecule has 10 heavy (non-hydrogen) atoms. The summed E-state index contributed by atoms with van der Waals surface area (Å²) < 4.78 is 0. The summed E-state index contributed by atoms with van der Waals surface area (Å²) in [7, 11) is 1.98. The Kier molecular flexibility index (Phi) is 2.93. The molecule has 0 saturated carbocycles. The van der Waals surface area contributed by atoms with E-state index >= 15 is 0 Å². The Morgan fingerprint density at radius 1 is 1.50 bits per heavy atom. The second-order valence-corrected chi connectivity index (χ2v) is 3.18. The Bertz CT molecular complexity index is 125. The van der Waals surface area contributed by atoms with Crippen LogP contribution in [-0.4, -0.2) is 35.4 Å². The Hall–Kier alpha value is -0.310. The zero-order valence-corrected chi connectivity index (χ0v) is 7.19. The van der Waals surface area contributed by atoms with Crippen LogP contribution in [0.4, 0.5) is 0 Å². The van der Waals surface area contributed by atoms with Crippen LogP contribution in [0.5, 0.6) is 0 Å². The lowest BCUT2D eigenvalue weighted by Crippen LogP contribution is -2.18. The molecule has 0 spiro atoms. The van der Waals surface area contributed by atoms with Gasteiger partial charge in [0.2, 0.25) is 6.67 Å². The van der Waals surface area contributed by atoms with Crippen molar-refractivity contribution in [1.29, 1.82) is 0 Å². The molecule has 1 heterocycles. The fraction of sp³-hybridized carbons (Fsp3) is 0.571. The fourth-order valence-electron chi connectivity index (χ4n) is 0.764. The van der Waals surface area contributed by atoms with E-state index < -0.39 is 0 Å². The summed E-state index contributed by atoms with van der Waals surface area (Å²) in [6.07, 6.45) is 6.15. The highest BCUT2D eigenvalue weighted by Crippen LogP contribution is 2.08. The molecule has 0 unspecified atom stereocenters. The summed E-state index contributed by atoms with van der Waals surface area (Å²) in [5.74, 6) is 1.16. The summed E-state index contributed by atoms with van der Waals surface area (Å²) in [6.45, 7) is 4.19. The third-order valence-corrected chi connectivity index (χ3v) is 1.88. The van der Waals surface area contributed by atoms with Gasteiger partial charge in [-0.1, -0.05) is 0 Å². The molecule has 0 bridgehead atoms. The van der Waals surface area contributed by atoms with Gasteiger partial charge in [-0.2, -0.15) is 11.8 Å². The van der Waals surface area contributed by atoms with E-state index in [2.05, 4.69) is 17.8 Å². The molecule has 0 saturated heterocycles. The molecule has 2 nitrogen and oxygen atoms in total. The van der Waals surface area contributed by atoms with Crippen LogP contribution in [0.25, 0.3) is 0 Å². The van der Waals surface area contributed by atoms with Crippen LogP contribution in [0.15, 0.2) is 12.4 Å². The molecular weight excluding hydrogens is 144 g/mol. The van der Waals surface area contributed by atoms with Gasteiger partial charge in [0, 0.05) is 31.7 Å². The first-order chi connectivity index (χ1) is 4.83. The van der Waals surface area contributed by atoms with Crippen LogP contribution >= 0.6 is 11.8 Å². The van der Waals surface area contributed by atoms with E-state index in [-0.39, 0.29) is 0 Å². The van der Waals surface area contributed by atoms with Crippen molar-refractivity contribution in [3.8, 4) is 0 Å². The lowest BCUT2D eigenvalue weighted by atomic mass is 10.6. The molecule has 0 N–H and O–H groups in total. The maximum Gasteiger partial charge on any atom is 0.207 e. The standard InChI is InChI=1S/C7H12N2S/c1-8-3-4-9(7-8)5-6-10-2/h3-4H,5-6H2,1-2H3. The van der Waals surface area contributed by atoms with Gasteiger partial charge >= 0.3 is 0 Å². The molecule has 0 aromatic heterocycles. The quantitative estimate of drug-likeness (QED) is 0.603. The third-order valence-electron chi connectivity index (χ3n) is 1.29. The average Bonchev–Trinajstić information content (AvgIpc) is 2.31. The third kappa shape index (κ3) is 2.14. The van der Waals surface area contributed by atoms with Crippen molar-refractivity contribution in [1.82, 2.24) is 9.80 Å². The van der Waals surface area contributed by atoms with Gasteiger partial charge in [-0.25, -0.2) is 0 Å². The summed E-state index contributed by atoms with van der Waals surface area (Å²) in [5, 5.41) is 0. The molecule has 0 aromatic rings. The summed E-state index contributed by atoms with van der Waals surface area (Å²) in [5.41, 5.74) is 0. The van der Waals surface area contributed by atoms with Gasteiger partial charge < -0.3 is 9.80 Å². The van der Waals surface area contributed by atoms with Crippen LogP contribution in [-0.2, 0) is 0 Å². The average molecular weight is 156 g/mol. The predicted octanol–water partition coefficient (Wildman–Crippen LogP) is 1.06. The smallest absolute Gasteiger partial charge is 0.207 e. The summed E-state index contributed by atoms with van der Waals surface area (Å²) in [6, 6.07) is 0. The van der Waals surface area contributed by atoms with E-state index in [4.69, 9.17) is 0 Å². The Morgan fingerprint density at radius 2 is 2.30 bits per heavy atom. The van der Waals surface area contributed by atoms with Gasteiger partial charge in [0.25, 0.3) is 0 Å². The van der Waals surface area contributed by atoms with Crippen molar-refractivity contribution in [3.63, 3.8) is 0 Å². The minimum atomic E-state index is 1.06. The van der Waals surface area contributed by atoms with E-state index in [0.717, 1.165) is 12.3 Å². The van der Waals surface area contributed by atoms with Crippen LogP contribution < -0.4 is 0 Å². The van der Waals surface area contributed by atoms with E-state index in [9.17, 15) is 0 Å². The summed E-state index contributed by atoms with van der Waals surface area (Å²) in [4.78, 5) is 4.00. The second-order valence-electron chi connectivity index (χ2n) is 2.20. The topological polar surface area (TPSA) is 6.48 Å². The van der Waals surface area contributed by atoms with Crippen molar-refractivity contribution in [2.75, 3.05) is 25.6 Å². The highest BCUT2D eigenvalue weighted by molar-refractivity contribution is 7.98. The second kappa shape index (κ2) is 3.76. The van der Waals surface area contributed by atoms with Crippen LogP contribution in [0, 0.1) is 6.67 Å². The molecule has 2 radical (unpaired) electrons. The Morgan fingerprint density at radius 3 is 2.80 bits per heavy atom. The molecule has 0 amide bonds. The Balaban J connectivity index is 2.14. The number of hydrogen-bond acceptors (Lipinski definition) is 3. The molecular formula is C7H12N2S. The molecule has 0 aromatic carbocycles. The van der Waals surface area contributed by atoms with Crippen molar-refractivity contribution in [3.05, 3.63) is 19.1 Å². The van der Waals surface area contributed by atoms with Crippen molar-refractivity contribution in [2.24, 2.45) is 0 Å². The zero-order valence-electron chi connectivity index (χ0n) is 6.37. The van der Waals surface area contributed by atoms with Crippen molar-refractivity contribution in [2.45, 2.75) is 0 Å². The number of thioether (sulfide) groups is 1. The molecule has 0 fully saturated rings. The molecule has 3 heteroatoms. The van der Waals surface area contributed by atoms with Gasteiger partial charge in [0.15, 0.2) is 0 Å². The number of nitrogens with zero attached hydrogens (tertiary/aromatic N) is 2. The first-order valence-corrected chi connectivity index (χ1v) is 4.65. The van der Waals surface area contributed by atoms with Crippen molar-refractivity contribution >= 4 is 11.8 Å². The lowest BCUT2D eigenvalue weighted by molar-refractivity contribution is 0.397. The molecule has 1 aliphatic rings. The molecule has 1 aliphatic heterocycles. The van der Waals surface area contributed by atoms with Crippen LogP contribution in [0.1, 0.15) is 0 Å². The molecule has 56 valence electrons. The minimum absolute atomic E-state index is 1.06. The van der Waals surface area contributed by atoms with Gasteiger partial charge in [0.05, 0.1) is 0 Å². The zero-order chi connectivity index (χ0) is 7.40. The van der Waals surface area contributed by atoms with Crippen LogP contribution in [0.2, 0.25) is 0 Å². The van der Waals surface area contributed by atoms with Crippen molar-refractivity contribution < 1.29 is 0 Å². The normalized spacial score (nSPS) is 17.0. The highest BCUT2D eigenvalue weighted by atomic mass is 32.2. The highest BCUT2D eigenvalue weighted by Gasteiger charge is 2.08.